The van der Waals surface area contributed by atoms with Crippen LogP contribution in [0.15, 0.2) is 29.1 Å². The Morgan fingerprint density at radius 1 is 1.35 bits per heavy atom. The molecule has 0 saturated heterocycles. The highest BCUT2D eigenvalue weighted by atomic mass is 32.1. The summed E-state index contributed by atoms with van der Waals surface area (Å²) >= 11 is 1.70. The van der Waals surface area contributed by atoms with Crippen LogP contribution in [0.5, 0.6) is 0 Å². The molecular formula is C13H19N3S. The van der Waals surface area contributed by atoms with Gasteiger partial charge >= 0.3 is 0 Å². The maximum Gasteiger partial charge on any atom is 0.0815 e. The Bertz CT molecular complexity index is 429. The van der Waals surface area contributed by atoms with E-state index < -0.39 is 0 Å². The summed E-state index contributed by atoms with van der Waals surface area (Å²) in [4.78, 5) is 0. The number of hydrogen-bond acceptors (Lipinski definition) is 3. The van der Waals surface area contributed by atoms with Gasteiger partial charge in [0.25, 0.3) is 0 Å². The number of aromatic nitrogens is 2. The fourth-order valence-electron chi connectivity index (χ4n) is 1.90. The highest BCUT2D eigenvalue weighted by Crippen LogP contribution is 2.16. The molecule has 0 amide bonds. The average molecular weight is 249 g/mol. The van der Waals surface area contributed by atoms with Crippen LogP contribution in [0, 0.1) is 0 Å². The van der Waals surface area contributed by atoms with Crippen molar-refractivity contribution in [2.24, 2.45) is 0 Å². The van der Waals surface area contributed by atoms with E-state index in [0.29, 0.717) is 6.04 Å². The number of anilines is 1. The van der Waals surface area contributed by atoms with E-state index in [9.17, 15) is 0 Å². The molecule has 0 aliphatic heterocycles. The van der Waals surface area contributed by atoms with Gasteiger partial charge in [0.2, 0.25) is 0 Å². The van der Waals surface area contributed by atoms with E-state index in [1.54, 1.807) is 11.3 Å². The average Bonchev–Trinajstić information content (AvgIpc) is 2.99. The van der Waals surface area contributed by atoms with Gasteiger partial charge in [-0.05, 0) is 30.4 Å². The van der Waals surface area contributed by atoms with Crippen molar-refractivity contribution in [3.63, 3.8) is 0 Å². The number of hydrogen-bond donors (Lipinski definition) is 1. The normalized spacial score (nSPS) is 11.0. The van der Waals surface area contributed by atoms with Crippen molar-refractivity contribution in [1.82, 2.24) is 9.78 Å². The minimum absolute atomic E-state index is 0.532. The maximum atomic E-state index is 4.61. The lowest BCUT2D eigenvalue weighted by molar-refractivity contribution is 0.426. The maximum absolute atomic E-state index is 4.61. The molecule has 17 heavy (non-hydrogen) atoms. The monoisotopic (exact) mass is 249 g/mol. The minimum Gasteiger partial charge on any atom is -0.379 e. The van der Waals surface area contributed by atoms with E-state index in [4.69, 9.17) is 0 Å². The molecule has 0 radical (unpaired) electrons. The van der Waals surface area contributed by atoms with Crippen molar-refractivity contribution >= 4 is 17.0 Å². The Hall–Kier alpha value is -1.29. The lowest BCUT2D eigenvalue weighted by Crippen LogP contribution is -2.08. The zero-order chi connectivity index (χ0) is 12.1. The summed E-state index contributed by atoms with van der Waals surface area (Å²) in [6, 6.07) is 4.71. The Morgan fingerprint density at radius 2 is 2.18 bits per heavy atom. The smallest absolute Gasteiger partial charge is 0.0815 e. The molecule has 0 spiro atoms. The van der Waals surface area contributed by atoms with E-state index >= 15 is 0 Å². The highest BCUT2D eigenvalue weighted by Gasteiger charge is 2.07. The third-order valence-corrected chi connectivity index (χ3v) is 3.66. The van der Waals surface area contributed by atoms with Gasteiger partial charge in [0.05, 0.1) is 18.3 Å². The molecule has 0 aliphatic rings. The standard InChI is InChI=1S/C13H19N3S/c1-3-13(4-2)16-7-5-11(15-16)9-14-12-6-8-17-10-12/h5-8,10,13-14H,3-4,9H2,1-2H3. The van der Waals surface area contributed by atoms with Crippen molar-refractivity contribution in [2.75, 3.05) is 5.32 Å². The number of thiophene rings is 1. The van der Waals surface area contributed by atoms with Crippen molar-refractivity contribution in [1.29, 1.82) is 0 Å². The summed E-state index contributed by atoms with van der Waals surface area (Å²) in [5, 5.41) is 12.2. The third kappa shape index (κ3) is 3.09. The van der Waals surface area contributed by atoms with Gasteiger partial charge in [-0.15, -0.1) is 0 Å². The molecule has 0 fully saturated rings. The van der Waals surface area contributed by atoms with Crippen LogP contribution in [0.1, 0.15) is 38.4 Å². The fraction of sp³-hybridized carbons (Fsp3) is 0.462. The molecule has 2 heterocycles. The van der Waals surface area contributed by atoms with Crippen LogP contribution in [0.25, 0.3) is 0 Å². The second kappa shape index (κ2) is 5.87. The van der Waals surface area contributed by atoms with E-state index in [0.717, 1.165) is 25.1 Å². The highest BCUT2D eigenvalue weighted by molar-refractivity contribution is 7.08. The first kappa shape index (κ1) is 12.2. The number of nitrogens with zero attached hydrogens (tertiary/aromatic N) is 2. The zero-order valence-electron chi connectivity index (χ0n) is 10.4. The minimum atomic E-state index is 0.532. The van der Waals surface area contributed by atoms with Crippen LogP contribution in [-0.2, 0) is 6.54 Å². The van der Waals surface area contributed by atoms with Crippen LogP contribution in [-0.4, -0.2) is 9.78 Å². The van der Waals surface area contributed by atoms with Crippen LogP contribution >= 0.6 is 11.3 Å². The van der Waals surface area contributed by atoms with E-state index in [1.807, 2.05) is 0 Å². The lowest BCUT2D eigenvalue weighted by atomic mass is 10.2. The second-order valence-electron chi connectivity index (χ2n) is 4.12. The van der Waals surface area contributed by atoms with Crippen molar-refractivity contribution in [2.45, 2.75) is 39.3 Å². The van der Waals surface area contributed by atoms with Gasteiger partial charge in [-0.25, -0.2) is 0 Å². The predicted octanol–water partition coefficient (Wildman–Crippen LogP) is 3.92. The molecule has 0 bridgehead atoms. The quantitative estimate of drug-likeness (QED) is 0.841. The number of rotatable bonds is 6. The van der Waals surface area contributed by atoms with Gasteiger partial charge < -0.3 is 5.32 Å². The van der Waals surface area contributed by atoms with E-state index in [1.165, 1.54) is 5.69 Å². The van der Waals surface area contributed by atoms with Crippen molar-refractivity contribution in [3.8, 4) is 0 Å². The first-order valence-electron chi connectivity index (χ1n) is 6.13. The van der Waals surface area contributed by atoms with Crippen molar-refractivity contribution < 1.29 is 0 Å². The summed E-state index contributed by atoms with van der Waals surface area (Å²) in [6.45, 7) is 5.21. The van der Waals surface area contributed by atoms with Crippen LogP contribution in [0.4, 0.5) is 5.69 Å². The van der Waals surface area contributed by atoms with Gasteiger partial charge in [-0.2, -0.15) is 16.4 Å². The summed E-state index contributed by atoms with van der Waals surface area (Å²) in [5.74, 6) is 0. The molecular weight excluding hydrogens is 230 g/mol. The zero-order valence-corrected chi connectivity index (χ0v) is 11.2. The number of nitrogens with one attached hydrogen (secondary N) is 1. The van der Waals surface area contributed by atoms with Gasteiger partial charge in [0.1, 0.15) is 0 Å². The molecule has 4 heteroatoms. The van der Waals surface area contributed by atoms with Crippen LogP contribution in [0.2, 0.25) is 0 Å². The lowest BCUT2D eigenvalue weighted by Gasteiger charge is -2.12. The second-order valence-corrected chi connectivity index (χ2v) is 4.90. The molecule has 2 rings (SSSR count). The molecule has 2 aromatic heterocycles. The third-order valence-electron chi connectivity index (χ3n) is 2.97. The van der Waals surface area contributed by atoms with Gasteiger partial charge in [-0.3, -0.25) is 4.68 Å². The van der Waals surface area contributed by atoms with Crippen molar-refractivity contribution in [3.05, 3.63) is 34.8 Å². The molecule has 0 saturated carbocycles. The molecule has 92 valence electrons. The Morgan fingerprint density at radius 3 is 2.82 bits per heavy atom. The van der Waals surface area contributed by atoms with Crippen LogP contribution < -0.4 is 5.32 Å². The predicted molar refractivity (Wildman–Crippen MR) is 73.5 cm³/mol. The molecule has 1 N–H and O–H groups in total. The molecule has 0 aromatic carbocycles. The van der Waals surface area contributed by atoms with E-state index in [-0.39, 0.29) is 0 Å². The largest absolute Gasteiger partial charge is 0.379 e. The topological polar surface area (TPSA) is 29.9 Å². The van der Waals surface area contributed by atoms with Gasteiger partial charge in [0.15, 0.2) is 0 Å². The van der Waals surface area contributed by atoms with Gasteiger partial charge in [-0.1, -0.05) is 13.8 Å². The Labute approximate surface area is 106 Å². The molecule has 2 aromatic rings. The Kier molecular flexibility index (Phi) is 4.20. The molecule has 0 unspecified atom stereocenters. The Balaban J connectivity index is 1.94. The van der Waals surface area contributed by atoms with Crippen LogP contribution in [0.3, 0.4) is 0 Å². The summed E-state index contributed by atoms with van der Waals surface area (Å²) in [6.07, 6.45) is 4.35. The first-order chi connectivity index (χ1) is 8.33. The van der Waals surface area contributed by atoms with E-state index in [2.05, 4.69) is 58.0 Å². The molecule has 3 nitrogen and oxygen atoms in total. The fourth-order valence-corrected chi connectivity index (χ4v) is 2.51. The molecule has 0 atom stereocenters. The summed E-state index contributed by atoms with van der Waals surface area (Å²) in [7, 11) is 0. The first-order valence-corrected chi connectivity index (χ1v) is 7.07. The summed E-state index contributed by atoms with van der Waals surface area (Å²) in [5.41, 5.74) is 2.27. The SMILES string of the molecule is CCC(CC)n1ccc(CNc2ccsc2)n1. The molecule has 0 aliphatic carbocycles. The summed E-state index contributed by atoms with van der Waals surface area (Å²) < 4.78 is 2.09. The van der Waals surface area contributed by atoms with Gasteiger partial charge in [0, 0.05) is 17.3 Å².